The van der Waals surface area contributed by atoms with Crippen LogP contribution in [0.5, 0.6) is 5.75 Å². The molecule has 2 rings (SSSR count). The Bertz CT molecular complexity index is 653. The van der Waals surface area contributed by atoms with Crippen molar-refractivity contribution >= 4 is 17.3 Å². The van der Waals surface area contributed by atoms with Crippen molar-refractivity contribution in [3.8, 4) is 5.75 Å². The Kier molecular flexibility index (Phi) is 5.63. The third-order valence-corrected chi connectivity index (χ3v) is 4.00. The van der Waals surface area contributed by atoms with Crippen molar-refractivity contribution in [2.75, 3.05) is 37.0 Å². The third kappa shape index (κ3) is 4.03. The lowest BCUT2D eigenvalue weighted by molar-refractivity contribution is -0.117. The highest BCUT2D eigenvalue weighted by Gasteiger charge is 2.16. The first-order chi connectivity index (χ1) is 11.1. The van der Waals surface area contributed by atoms with Gasteiger partial charge in [0.25, 0.3) is 0 Å². The number of aryl methyl sites for hydroxylation is 1. The topological polar surface area (TPSA) is 32.8 Å². The molecule has 0 fully saturated rings. The third-order valence-electron chi connectivity index (χ3n) is 4.00. The number of methoxy groups -OCH3 is 1. The van der Waals surface area contributed by atoms with Gasteiger partial charge in [-0.15, -0.1) is 0 Å². The van der Waals surface area contributed by atoms with Gasteiger partial charge >= 0.3 is 0 Å². The van der Waals surface area contributed by atoms with Gasteiger partial charge in [0.05, 0.1) is 13.7 Å². The van der Waals surface area contributed by atoms with E-state index in [9.17, 15) is 4.79 Å². The average Bonchev–Trinajstić information content (AvgIpc) is 2.59. The number of ether oxygens (including phenoxy) is 1. The maximum absolute atomic E-state index is 12.6. The normalized spacial score (nSPS) is 10.3. The van der Waals surface area contributed by atoms with Crippen molar-refractivity contribution in [2.24, 2.45) is 0 Å². The van der Waals surface area contributed by atoms with Crippen LogP contribution in [0.15, 0.2) is 48.5 Å². The fraction of sp³-hybridized carbons (Fsp3) is 0.316. The SMILES string of the molecule is CCN(CC(=O)N(C)c1ccc(OC)cc1)c1ccccc1C. The summed E-state index contributed by atoms with van der Waals surface area (Å²) in [4.78, 5) is 16.4. The predicted octanol–water partition coefficient (Wildman–Crippen LogP) is 3.49. The minimum atomic E-state index is 0.0558. The number of hydrogen-bond donors (Lipinski definition) is 0. The van der Waals surface area contributed by atoms with Crippen molar-refractivity contribution in [1.82, 2.24) is 0 Å². The van der Waals surface area contributed by atoms with Crippen LogP contribution in [0.2, 0.25) is 0 Å². The van der Waals surface area contributed by atoms with Crippen LogP contribution in [0.25, 0.3) is 0 Å². The molecule has 0 unspecified atom stereocenters. The van der Waals surface area contributed by atoms with E-state index in [1.54, 1.807) is 19.1 Å². The number of benzene rings is 2. The van der Waals surface area contributed by atoms with Crippen LogP contribution in [-0.2, 0) is 4.79 Å². The van der Waals surface area contributed by atoms with Gasteiger partial charge < -0.3 is 14.5 Å². The van der Waals surface area contributed by atoms with Gasteiger partial charge in [0.2, 0.25) is 5.91 Å². The van der Waals surface area contributed by atoms with E-state index >= 15 is 0 Å². The number of hydrogen-bond acceptors (Lipinski definition) is 3. The zero-order valence-electron chi connectivity index (χ0n) is 14.2. The maximum Gasteiger partial charge on any atom is 0.246 e. The summed E-state index contributed by atoms with van der Waals surface area (Å²) in [6.45, 7) is 5.26. The summed E-state index contributed by atoms with van der Waals surface area (Å²) in [5.41, 5.74) is 3.14. The zero-order valence-corrected chi connectivity index (χ0v) is 14.2. The molecule has 0 aromatic heterocycles. The summed E-state index contributed by atoms with van der Waals surface area (Å²) < 4.78 is 5.15. The van der Waals surface area contributed by atoms with E-state index in [4.69, 9.17) is 4.74 Å². The number of anilines is 2. The molecular weight excluding hydrogens is 288 g/mol. The number of nitrogens with zero attached hydrogens (tertiary/aromatic N) is 2. The highest BCUT2D eigenvalue weighted by atomic mass is 16.5. The summed E-state index contributed by atoms with van der Waals surface area (Å²) in [5.74, 6) is 0.838. The van der Waals surface area contributed by atoms with E-state index in [-0.39, 0.29) is 5.91 Å². The highest BCUT2D eigenvalue weighted by Crippen LogP contribution is 2.21. The second-order valence-corrected chi connectivity index (χ2v) is 5.45. The molecule has 122 valence electrons. The average molecular weight is 312 g/mol. The molecule has 0 radical (unpaired) electrons. The molecule has 2 aromatic rings. The van der Waals surface area contributed by atoms with E-state index in [2.05, 4.69) is 30.9 Å². The second-order valence-electron chi connectivity index (χ2n) is 5.45. The summed E-state index contributed by atoms with van der Waals surface area (Å²) in [5, 5.41) is 0. The summed E-state index contributed by atoms with van der Waals surface area (Å²) in [7, 11) is 3.43. The summed E-state index contributed by atoms with van der Waals surface area (Å²) >= 11 is 0. The van der Waals surface area contributed by atoms with Gasteiger partial charge in [-0.25, -0.2) is 0 Å². The second kappa shape index (κ2) is 7.68. The molecule has 0 heterocycles. The minimum absolute atomic E-state index is 0.0558. The monoisotopic (exact) mass is 312 g/mol. The molecule has 0 aliphatic heterocycles. The molecule has 1 amide bonds. The van der Waals surface area contributed by atoms with Gasteiger partial charge in [-0.1, -0.05) is 18.2 Å². The van der Waals surface area contributed by atoms with Crippen LogP contribution in [0, 0.1) is 6.92 Å². The molecule has 4 heteroatoms. The van der Waals surface area contributed by atoms with Crippen molar-refractivity contribution in [2.45, 2.75) is 13.8 Å². The smallest absolute Gasteiger partial charge is 0.246 e. The summed E-state index contributed by atoms with van der Waals surface area (Å²) in [6, 6.07) is 15.6. The first kappa shape index (κ1) is 16.9. The number of carbonyl (C=O) groups excluding carboxylic acids is 1. The Morgan fingerprint density at radius 2 is 1.74 bits per heavy atom. The number of rotatable bonds is 6. The van der Waals surface area contributed by atoms with E-state index in [1.165, 1.54) is 5.56 Å². The van der Waals surface area contributed by atoms with Gasteiger partial charge in [0.15, 0.2) is 0 Å². The molecule has 0 bridgehead atoms. The van der Waals surface area contributed by atoms with E-state index in [1.807, 2.05) is 36.4 Å². The molecule has 23 heavy (non-hydrogen) atoms. The van der Waals surface area contributed by atoms with Gasteiger partial charge in [-0.05, 0) is 49.7 Å². The quantitative estimate of drug-likeness (QED) is 0.818. The molecule has 0 spiro atoms. The van der Waals surface area contributed by atoms with Crippen molar-refractivity contribution in [3.05, 3.63) is 54.1 Å². The fourth-order valence-corrected chi connectivity index (χ4v) is 2.50. The lowest BCUT2D eigenvalue weighted by Crippen LogP contribution is -2.38. The number of amides is 1. The number of para-hydroxylation sites is 1. The van der Waals surface area contributed by atoms with E-state index < -0.39 is 0 Å². The largest absolute Gasteiger partial charge is 0.497 e. The van der Waals surface area contributed by atoms with Crippen LogP contribution >= 0.6 is 0 Å². The Hall–Kier alpha value is -2.49. The lowest BCUT2D eigenvalue weighted by Gasteiger charge is -2.27. The fourth-order valence-electron chi connectivity index (χ4n) is 2.50. The first-order valence-electron chi connectivity index (χ1n) is 7.78. The first-order valence-corrected chi connectivity index (χ1v) is 7.78. The predicted molar refractivity (Wildman–Crippen MR) is 95.5 cm³/mol. The molecule has 0 aliphatic rings. The molecule has 0 saturated carbocycles. The molecule has 0 saturated heterocycles. The van der Waals surface area contributed by atoms with E-state index in [0.29, 0.717) is 6.54 Å². The Morgan fingerprint density at radius 1 is 1.09 bits per heavy atom. The number of likely N-dealkylation sites (N-methyl/N-ethyl adjacent to an activating group) is 2. The Morgan fingerprint density at radius 3 is 2.30 bits per heavy atom. The van der Waals surface area contributed by atoms with Crippen LogP contribution in [-0.4, -0.2) is 33.2 Å². The van der Waals surface area contributed by atoms with Crippen molar-refractivity contribution in [3.63, 3.8) is 0 Å². The molecule has 0 N–H and O–H groups in total. The molecule has 0 aliphatic carbocycles. The van der Waals surface area contributed by atoms with Crippen LogP contribution in [0.3, 0.4) is 0 Å². The van der Waals surface area contributed by atoms with Gasteiger partial charge in [-0.2, -0.15) is 0 Å². The van der Waals surface area contributed by atoms with Crippen molar-refractivity contribution in [1.29, 1.82) is 0 Å². The molecule has 2 aromatic carbocycles. The maximum atomic E-state index is 12.6. The standard InChI is InChI=1S/C19H24N2O2/c1-5-21(18-9-7-6-8-15(18)2)14-19(22)20(3)16-10-12-17(23-4)13-11-16/h6-13H,5,14H2,1-4H3. The molecular formula is C19H24N2O2. The van der Waals surface area contributed by atoms with Crippen LogP contribution < -0.4 is 14.5 Å². The zero-order chi connectivity index (χ0) is 16.8. The minimum Gasteiger partial charge on any atom is -0.497 e. The Labute approximate surface area is 138 Å². The molecule has 0 atom stereocenters. The Balaban J connectivity index is 2.11. The van der Waals surface area contributed by atoms with Gasteiger partial charge in [0.1, 0.15) is 5.75 Å². The van der Waals surface area contributed by atoms with Crippen LogP contribution in [0.4, 0.5) is 11.4 Å². The van der Waals surface area contributed by atoms with Gasteiger partial charge in [0, 0.05) is 25.0 Å². The van der Waals surface area contributed by atoms with Gasteiger partial charge in [-0.3, -0.25) is 4.79 Å². The van der Waals surface area contributed by atoms with E-state index in [0.717, 1.165) is 23.7 Å². The highest BCUT2D eigenvalue weighted by molar-refractivity contribution is 5.96. The summed E-state index contributed by atoms with van der Waals surface area (Å²) in [6.07, 6.45) is 0. The number of carbonyl (C=O) groups is 1. The molecule has 4 nitrogen and oxygen atoms in total. The van der Waals surface area contributed by atoms with Crippen molar-refractivity contribution < 1.29 is 9.53 Å². The lowest BCUT2D eigenvalue weighted by atomic mass is 10.2. The van der Waals surface area contributed by atoms with Crippen LogP contribution in [0.1, 0.15) is 12.5 Å².